The predicted octanol–water partition coefficient (Wildman–Crippen LogP) is 3.38. The Labute approximate surface area is 126 Å². The number of benzene rings is 2. The van der Waals surface area contributed by atoms with Gasteiger partial charge in [0.15, 0.2) is 4.80 Å². The number of hydrogen-bond acceptors (Lipinski definition) is 2. The quantitative estimate of drug-likeness (QED) is 0.667. The smallest absolute Gasteiger partial charge is 0.272 e. The Morgan fingerprint density at radius 1 is 1.10 bits per heavy atom. The van der Waals surface area contributed by atoms with Crippen LogP contribution in [0, 0.1) is 0 Å². The molecule has 3 aromatic rings. The van der Waals surface area contributed by atoms with E-state index in [2.05, 4.69) is 4.99 Å². The van der Waals surface area contributed by atoms with Gasteiger partial charge in [-0.3, -0.25) is 4.79 Å². The number of nitrogens with zero attached hydrogens (tertiary/aromatic N) is 2. The van der Waals surface area contributed by atoms with Crippen LogP contribution in [0.2, 0.25) is 0 Å². The normalized spacial score (nSPS) is 12.3. The van der Waals surface area contributed by atoms with Crippen molar-refractivity contribution in [3.05, 3.63) is 71.0 Å². The minimum absolute atomic E-state index is 0.249. The Morgan fingerprint density at radius 3 is 2.57 bits per heavy atom. The Balaban J connectivity index is 1.91. The van der Waals surface area contributed by atoms with Crippen LogP contribution in [-0.4, -0.2) is 10.5 Å². The SMILES string of the molecule is Cn1c(=NC(=O)/C=C\c2ccccc2)sc2ccccc21. The minimum Gasteiger partial charge on any atom is -0.319 e. The van der Waals surface area contributed by atoms with E-state index in [1.54, 1.807) is 6.08 Å². The largest absolute Gasteiger partial charge is 0.319 e. The maximum atomic E-state index is 12.0. The number of thiazole rings is 1. The molecule has 1 aromatic heterocycles. The fourth-order valence-corrected chi connectivity index (χ4v) is 3.08. The van der Waals surface area contributed by atoms with Gasteiger partial charge in [-0.15, -0.1) is 0 Å². The van der Waals surface area contributed by atoms with E-state index in [0.29, 0.717) is 4.80 Å². The van der Waals surface area contributed by atoms with E-state index in [4.69, 9.17) is 0 Å². The van der Waals surface area contributed by atoms with E-state index in [1.807, 2.05) is 66.2 Å². The lowest BCUT2D eigenvalue weighted by molar-refractivity contribution is -0.113. The third-order valence-corrected chi connectivity index (χ3v) is 4.25. The van der Waals surface area contributed by atoms with Crippen LogP contribution < -0.4 is 4.80 Å². The second-order valence-corrected chi connectivity index (χ2v) is 5.61. The molecule has 0 radical (unpaired) electrons. The highest BCUT2D eigenvalue weighted by Gasteiger charge is 2.02. The summed E-state index contributed by atoms with van der Waals surface area (Å²) in [5, 5.41) is 0. The molecule has 0 unspecified atom stereocenters. The first-order valence-corrected chi connectivity index (χ1v) is 7.42. The van der Waals surface area contributed by atoms with Gasteiger partial charge in [0.25, 0.3) is 5.91 Å². The van der Waals surface area contributed by atoms with Gasteiger partial charge in [0.2, 0.25) is 0 Å². The summed E-state index contributed by atoms with van der Waals surface area (Å²) in [6, 6.07) is 17.7. The molecular formula is C17H14N2OS. The Kier molecular flexibility index (Phi) is 3.79. The molecule has 0 aliphatic carbocycles. The molecule has 0 spiro atoms. The van der Waals surface area contributed by atoms with Gasteiger partial charge in [-0.1, -0.05) is 53.8 Å². The average molecular weight is 294 g/mol. The summed E-state index contributed by atoms with van der Waals surface area (Å²) in [6.07, 6.45) is 3.28. The van der Waals surface area contributed by atoms with Crippen molar-refractivity contribution in [1.29, 1.82) is 0 Å². The lowest BCUT2D eigenvalue weighted by Gasteiger charge is -1.93. The zero-order valence-corrected chi connectivity index (χ0v) is 12.4. The molecule has 0 aliphatic rings. The van der Waals surface area contributed by atoms with Gasteiger partial charge in [-0.05, 0) is 23.8 Å². The van der Waals surface area contributed by atoms with Gasteiger partial charge in [-0.25, -0.2) is 0 Å². The van der Waals surface area contributed by atoms with Crippen LogP contribution in [0.4, 0.5) is 0 Å². The van der Waals surface area contributed by atoms with Crippen molar-refractivity contribution >= 4 is 33.5 Å². The Bertz CT molecular complexity index is 872. The summed E-state index contributed by atoms with van der Waals surface area (Å²) in [6.45, 7) is 0. The standard InChI is InChI=1S/C17H14N2OS/c1-19-14-9-5-6-10-15(14)21-17(19)18-16(20)12-11-13-7-3-2-4-8-13/h2-12H,1H3/b12-11-,18-17?. The topological polar surface area (TPSA) is 34.4 Å². The predicted molar refractivity (Wildman–Crippen MR) is 86.8 cm³/mol. The maximum absolute atomic E-state index is 12.0. The van der Waals surface area contributed by atoms with Crippen LogP contribution in [0.15, 0.2) is 65.7 Å². The molecule has 0 atom stereocenters. The first-order chi connectivity index (χ1) is 10.2. The lowest BCUT2D eigenvalue weighted by atomic mass is 10.2. The number of para-hydroxylation sites is 1. The van der Waals surface area contributed by atoms with Gasteiger partial charge < -0.3 is 4.57 Å². The fraction of sp³-hybridized carbons (Fsp3) is 0.0588. The molecule has 104 valence electrons. The zero-order chi connectivity index (χ0) is 14.7. The summed E-state index contributed by atoms with van der Waals surface area (Å²) in [5.41, 5.74) is 2.07. The minimum atomic E-state index is -0.249. The molecule has 4 heteroatoms. The second kappa shape index (κ2) is 5.89. The number of aromatic nitrogens is 1. The monoisotopic (exact) mass is 294 g/mol. The van der Waals surface area contributed by atoms with Gasteiger partial charge >= 0.3 is 0 Å². The molecule has 2 aromatic carbocycles. The van der Waals surface area contributed by atoms with Gasteiger partial charge in [0.05, 0.1) is 10.2 Å². The van der Waals surface area contributed by atoms with Crippen molar-refractivity contribution in [3.8, 4) is 0 Å². The van der Waals surface area contributed by atoms with Gasteiger partial charge in [-0.2, -0.15) is 4.99 Å². The van der Waals surface area contributed by atoms with E-state index < -0.39 is 0 Å². The Hall–Kier alpha value is -2.46. The molecule has 21 heavy (non-hydrogen) atoms. The number of rotatable bonds is 2. The van der Waals surface area contributed by atoms with Gasteiger partial charge in [0.1, 0.15) is 0 Å². The van der Waals surface area contributed by atoms with Gasteiger partial charge in [0, 0.05) is 13.1 Å². The van der Waals surface area contributed by atoms with Crippen LogP contribution in [-0.2, 0) is 11.8 Å². The van der Waals surface area contributed by atoms with Crippen LogP contribution in [0.1, 0.15) is 5.56 Å². The van der Waals surface area contributed by atoms with Crippen LogP contribution in [0.5, 0.6) is 0 Å². The summed E-state index contributed by atoms with van der Waals surface area (Å²) >= 11 is 1.52. The summed E-state index contributed by atoms with van der Waals surface area (Å²) < 4.78 is 3.06. The molecule has 1 heterocycles. The Morgan fingerprint density at radius 2 is 1.81 bits per heavy atom. The third-order valence-electron chi connectivity index (χ3n) is 3.14. The molecule has 0 fully saturated rings. The van der Waals surface area contributed by atoms with Crippen LogP contribution >= 0.6 is 11.3 Å². The van der Waals surface area contributed by atoms with Crippen molar-refractivity contribution in [1.82, 2.24) is 4.57 Å². The fourth-order valence-electron chi connectivity index (χ4n) is 2.05. The number of carbonyl (C=O) groups excluding carboxylic acids is 1. The van der Waals surface area contributed by atoms with Crippen molar-refractivity contribution in [3.63, 3.8) is 0 Å². The van der Waals surface area contributed by atoms with Crippen molar-refractivity contribution in [2.75, 3.05) is 0 Å². The molecule has 0 bridgehead atoms. The summed E-state index contributed by atoms with van der Waals surface area (Å²) in [5.74, 6) is -0.249. The van der Waals surface area contributed by atoms with E-state index in [9.17, 15) is 4.79 Å². The number of fused-ring (bicyclic) bond motifs is 1. The van der Waals surface area contributed by atoms with E-state index >= 15 is 0 Å². The van der Waals surface area contributed by atoms with Crippen molar-refractivity contribution in [2.45, 2.75) is 0 Å². The third kappa shape index (κ3) is 3.01. The number of aryl methyl sites for hydroxylation is 1. The highest BCUT2D eigenvalue weighted by Crippen LogP contribution is 2.15. The molecule has 0 N–H and O–H groups in total. The second-order valence-electron chi connectivity index (χ2n) is 4.61. The van der Waals surface area contributed by atoms with Crippen LogP contribution in [0.25, 0.3) is 16.3 Å². The molecule has 0 saturated carbocycles. The first kappa shape index (κ1) is 13.5. The number of carbonyl (C=O) groups is 1. The number of amides is 1. The van der Waals surface area contributed by atoms with Crippen molar-refractivity contribution in [2.24, 2.45) is 12.0 Å². The van der Waals surface area contributed by atoms with E-state index in [-0.39, 0.29) is 5.91 Å². The average Bonchev–Trinajstić information content (AvgIpc) is 2.83. The highest BCUT2D eigenvalue weighted by molar-refractivity contribution is 7.16. The molecule has 0 saturated heterocycles. The molecule has 1 amide bonds. The number of hydrogen-bond donors (Lipinski definition) is 0. The zero-order valence-electron chi connectivity index (χ0n) is 11.6. The molecule has 3 rings (SSSR count). The summed E-state index contributed by atoms with van der Waals surface area (Å²) in [4.78, 5) is 16.8. The molecule has 0 aliphatic heterocycles. The first-order valence-electron chi connectivity index (χ1n) is 6.60. The molecular weight excluding hydrogens is 280 g/mol. The molecule has 3 nitrogen and oxygen atoms in total. The van der Waals surface area contributed by atoms with Crippen molar-refractivity contribution < 1.29 is 4.79 Å². The lowest BCUT2D eigenvalue weighted by Crippen LogP contribution is -2.12. The van der Waals surface area contributed by atoms with Crippen LogP contribution in [0.3, 0.4) is 0 Å². The highest BCUT2D eigenvalue weighted by atomic mass is 32.1. The van der Waals surface area contributed by atoms with E-state index in [1.165, 1.54) is 17.4 Å². The summed E-state index contributed by atoms with van der Waals surface area (Å²) in [7, 11) is 1.92. The van der Waals surface area contributed by atoms with E-state index in [0.717, 1.165) is 15.8 Å². The maximum Gasteiger partial charge on any atom is 0.272 e.